The van der Waals surface area contributed by atoms with Gasteiger partial charge in [-0.2, -0.15) is 5.10 Å². The number of rotatable bonds is 4. The second-order valence-electron chi connectivity index (χ2n) is 7.00. The summed E-state index contributed by atoms with van der Waals surface area (Å²) < 4.78 is 13.3. The number of likely N-dealkylation sites (tertiary alicyclic amines) is 1. The molecule has 4 nitrogen and oxygen atoms in total. The molecule has 5 heteroatoms. The molecule has 4 rings (SSSR count). The Bertz CT molecular complexity index is 654. The monoisotopic (exact) mass is 316 g/mol. The molecule has 2 saturated heterocycles. The molecule has 0 aliphatic carbocycles. The summed E-state index contributed by atoms with van der Waals surface area (Å²) >= 11 is 0. The quantitative estimate of drug-likeness (QED) is 0.911. The fourth-order valence-corrected chi connectivity index (χ4v) is 4.10. The summed E-state index contributed by atoms with van der Waals surface area (Å²) in [5, 5.41) is 12.1. The molecule has 2 aliphatic heterocycles. The third-order valence-electron chi connectivity index (χ3n) is 5.50. The van der Waals surface area contributed by atoms with Crippen molar-refractivity contribution in [3.05, 3.63) is 29.7 Å². The summed E-state index contributed by atoms with van der Waals surface area (Å²) in [4.78, 5) is 2.59. The van der Waals surface area contributed by atoms with Crippen LogP contribution in [0.4, 0.5) is 4.39 Å². The van der Waals surface area contributed by atoms with Crippen molar-refractivity contribution >= 4 is 10.9 Å². The number of piperidine rings is 1. The van der Waals surface area contributed by atoms with E-state index in [0.29, 0.717) is 5.92 Å². The molecule has 1 aromatic carbocycles. The van der Waals surface area contributed by atoms with Crippen molar-refractivity contribution < 1.29 is 4.39 Å². The Morgan fingerprint density at radius 3 is 2.87 bits per heavy atom. The molecule has 0 bridgehead atoms. The smallest absolute Gasteiger partial charge is 0.125 e. The van der Waals surface area contributed by atoms with Crippen LogP contribution in [0.1, 0.15) is 43.7 Å². The summed E-state index contributed by atoms with van der Waals surface area (Å²) in [6, 6.07) is 5.64. The SMILES string of the molecule is Fc1ccc2c(C3CCN(CCC4CCCN4)CC3)[nH]nc2c1. The average molecular weight is 316 g/mol. The zero-order valence-corrected chi connectivity index (χ0v) is 13.5. The van der Waals surface area contributed by atoms with Gasteiger partial charge in [0.15, 0.2) is 0 Å². The highest BCUT2D eigenvalue weighted by Crippen LogP contribution is 2.31. The summed E-state index contributed by atoms with van der Waals surface area (Å²) in [5.74, 6) is 0.303. The van der Waals surface area contributed by atoms with Gasteiger partial charge in [-0.15, -0.1) is 0 Å². The predicted octanol–water partition coefficient (Wildman–Crippen LogP) is 3.02. The first kappa shape index (κ1) is 15.1. The second kappa shape index (κ2) is 6.57. The molecule has 2 fully saturated rings. The molecule has 3 heterocycles. The van der Waals surface area contributed by atoms with E-state index in [9.17, 15) is 4.39 Å². The summed E-state index contributed by atoms with van der Waals surface area (Å²) in [7, 11) is 0. The molecule has 124 valence electrons. The van der Waals surface area contributed by atoms with Gasteiger partial charge in [0.1, 0.15) is 5.82 Å². The molecule has 23 heavy (non-hydrogen) atoms. The van der Waals surface area contributed by atoms with Crippen molar-refractivity contribution in [2.24, 2.45) is 0 Å². The lowest BCUT2D eigenvalue weighted by molar-refractivity contribution is 0.203. The van der Waals surface area contributed by atoms with Gasteiger partial charge in [0.2, 0.25) is 0 Å². The summed E-state index contributed by atoms with van der Waals surface area (Å²) in [6.45, 7) is 4.71. The topological polar surface area (TPSA) is 44.0 Å². The number of hydrogen-bond donors (Lipinski definition) is 2. The molecule has 0 radical (unpaired) electrons. The number of aromatic amines is 1. The van der Waals surface area contributed by atoms with E-state index in [0.717, 1.165) is 42.9 Å². The third-order valence-corrected chi connectivity index (χ3v) is 5.50. The minimum absolute atomic E-state index is 0.217. The molecule has 1 aromatic heterocycles. The van der Waals surface area contributed by atoms with Gasteiger partial charge in [0, 0.05) is 29.1 Å². The molecule has 1 unspecified atom stereocenters. The summed E-state index contributed by atoms with van der Waals surface area (Å²) in [5.41, 5.74) is 1.94. The maximum Gasteiger partial charge on any atom is 0.125 e. The average Bonchev–Trinajstić information content (AvgIpc) is 3.22. The lowest BCUT2D eigenvalue weighted by Gasteiger charge is -2.32. The van der Waals surface area contributed by atoms with Gasteiger partial charge in [-0.05, 0) is 70.4 Å². The van der Waals surface area contributed by atoms with Gasteiger partial charge >= 0.3 is 0 Å². The second-order valence-corrected chi connectivity index (χ2v) is 7.00. The zero-order valence-electron chi connectivity index (χ0n) is 13.5. The van der Waals surface area contributed by atoms with Crippen LogP contribution in [-0.4, -0.2) is 47.3 Å². The molecule has 2 aliphatic rings. The lowest BCUT2D eigenvalue weighted by atomic mass is 9.91. The minimum Gasteiger partial charge on any atom is -0.314 e. The number of nitrogens with one attached hydrogen (secondary N) is 2. The van der Waals surface area contributed by atoms with Gasteiger partial charge in [-0.1, -0.05) is 0 Å². The Morgan fingerprint density at radius 1 is 1.22 bits per heavy atom. The van der Waals surface area contributed by atoms with Crippen molar-refractivity contribution in [2.75, 3.05) is 26.2 Å². The lowest BCUT2D eigenvalue weighted by Crippen LogP contribution is -2.36. The summed E-state index contributed by atoms with van der Waals surface area (Å²) in [6.07, 6.45) is 6.27. The van der Waals surface area contributed by atoms with E-state index in [1.54, 1.807) is 0 Å². The van der Waals surface area contributed by atoms with Gasteiger partial charge < -0.3 is 10.2 Å². The normalized spacial score (nSPS) is 23.8. The number of fused-ring (bicyclic) bond motifs is 1. The highest BCUT2D eigenvalue weighted by Gasteiger charge is 2.24. The minimum atomic E-state index is -0.217. The van der Waals surface area contributed by atoms with Crippen LogP contribution in [0.15, 0.2) is 18.2 Å². The van der Waals surface area contributed by atoms with Crippen molar-refractivity contribution in [2.45, 2.75) is 44.1 Å². The van der Waals surface area contributed by atoms with Gasteiger partial charge in [0.05, 0.1) is 5.52 Å². The van der Waals surface area contributed by atoms with Gasteiger partial charge in [-0.25, -0.2) is 4.39 Å². The Hall–Kier alpha value is -1.46. The van der Waals surface area contributed by atoms with Crippen LogP contribution >= 0.6 is 0 Å². The largest absolute Gasteiger partial charge is 0.314 e. The van der Waals surface area contributed by atoms with Gasteiger partial charge in [-0.3, -0.25) is 5.10 Å². The number of nitrogens with zero attached hydrogens (tertiary/aromatic N) is 2. The molecule has 1 atom stereocenters. The van der Waals surface area contributed by atoms with Crippen molar-refractivity contribution in [3.8, 4) is 0 Å². The Labute approximate surface area is 136 Å². The first-order chi connectivity index (χ1) is 11.3. The fraction of sp³-hybridized carbons (Fsp3) is 0.611. The number of halogens is 1. The van der Waals surface area contributed by atoms with Crippen molar-refractivity contribution in [3.63, 3.8) is 0 Å². The van der Waals surface area contributed by atoms with Crippen LogP contribution in [0.25, 0.3) is 10.9 Å². The van der Waals surface area contributed by atoms with E-state index in [1.807, 2.05) is 6.07 Å². The van der Waals surface area contributed by atoms with E-state index in [-0.39, 0.29) is 5.82 Å². The zero-order chi connectivity index (χ0) is 15.6. The molecule has 2 N–H and O–H groups in total. The van der Waals surface area contributed by atoms with E-state index in [4.69, 9.17) is 0 Å². The Kier molecular flexibility index (Phi) is 4.31. The maximum absolute atomic E-state index is 13.3. The highest BCUT2D eigenvalue weighted by molar-refractivity contribution is 5.81. The predicted molar refractivity (Wildman–Crippen MR) is 90.1 cm³/mol. The van der Waals surface area contributed by atoms with E-state index >= 15 is 0 Å². The Balaban J connectivity index is 1.35. The van der Waals surface area contributed by atoms with Crippen molar-refractivity contribution in [1.82, 2.24) is 20.4 Å². The fourth-order valence-electron chi connectivity index (χ4n) is 4.10. The van der Waals surface area contributed by atoms with Crippen LogP contribution in [-0.2, 0) is 0 Å². The maximum atomic E-state index is 13.3. The number of benzene rings is 1. The molecule has 2 aromatic rings. The molecule has 0 spiro atoms. The molecule has 0 amide bonds. The van der Waals surface area contributed by atoms with Crippen LogP contribution < -0.4 is 5.32 Å². The standard InChI is InChI=1S/C18H25FN4/c19-14-3-4-16-17(12-14)21-22-18(16)13-5-9-23(10-6-13)11-7-15-2-1-8-20-15/h3-4,12-13,15,20H,1-2,5-11H2,(H,21,22). The third kappa shape index (κ3) is 3.26. The number of hydrogen-bond acceptors (Lipinski definition) is 3. The van der Waals surface area contributed by atoms with Gasteiger partial charge in [0.25, 0.3) is 0 Å². The van der Waals surface area contributed by atoms with E-state index in [1.165, 1.54) is 50.2 Å². The Morgan fingerprint density at radius 2 is 2.09 bits per heavy atom. The van der Waals surface area contributed by atoms with Crippen LogP contribution in [0, 0.1) is 5.82 Å². The molecule has 0 saturated carbocycles. The van der Waals surface area contributed by atoms with Crippen LogP contribution in [0.3, 0.4) is 0 Å². The first-order valence-corrected chi connectivity index (χ1v) is 8.89. The molecular formula is C18H25FN4. The van der Waals surface area contributed by atoms with Crippen LogP contribution in [0.2, 0.25) is 0 Å². The van der Waals surface area contributed by atoms with Crippen molar-refractivity contribution in [1.29, 1.82) is 0 Å². The van der Waals surface area contributed by atoms with E-state index in [2.05, 4.69) is 20.4 Å². The molecular weight excluding hydrogens is 291 g/mol. The highest BCUT2D eigenvalue weighted by atomic mass is 19.1. The first-order valence-electron chi connectivity index (χ1n) is 8.89. The number of H-pyrrole nitrogens is 1. The van der Waals surface area contributed by atoms with Crippen LogP contribution in [0.5, 0.6) is 0 Å². The van der Waals surface area contributed by atoms with E-state index < -0.39 is 0 Å². The number of aromatic nitrogens is 2.